The first-order chi connectivity index (χ1) is 48.9. The molecule has 18 rings (SSSR count). The van der Waals surface area contributed by atoms with Gasteiger partial charge < -0.3 is 18.9 Å². The van der Waals surface area contributed by atoms with E-state index in [-0.39, 0.29) is 44.6 Å². The third-order valence-corrected chi connectivity index (χ3v) is 24.3. The number of nitrogens with zero attached hydrogens (tertiary/aromatic N) is 4. The van der Waals surface area contributed by atoms with Crippen LogP contribution in [-0.4, -0.2) is 15.8 Å². The molecule has 12 aromatic carbocycles. The molecule has 0 bridgehead atoms. The summed E-state index contributed by atoms with van der Waals surface area (Å²) in [6.07, 6.45) is 2.26. The van der Waals surface area contributed by atoms with E-state index in [0.717, 1.165) is 52.7 Å². The molecule has 0 spiro atoms. The van der Waals surface area contributed by atoms with Gasteiger partial charge in [0, 0.05) is 61.4 Å². The van der Waals surface area contributed by atoms with Crippen LogP contribution in [0.5, 0.6) is 0 Å². The lowest BCUT2D eigenvalue weighted by Gasteiger charge is -2.45. The Labute approximate surface area is 610 Å². The lowest BCUT2D eigenvalue weighted by molar-refractivity contribution is 0.402. The van der Waals surface area contributed by atoms with Crippen molar-refractivity contribution in [2.24, 2.45) is 0 Å². The molecule has 510 valence electrons. The first-order valence-corrected chi connectivity index (χ1v) is 37.7. The Kier molecular flexibility index (Phi) is 14.0. The molecule has 0 atom stereocenters. The summed E-state index contributed by atoms with van der Waals surface area (Å²) in [5.74, 6) is 0. The van der Waals surface area contributed by atoms with E-state index in [9.17, 15) is 0 Å². The molecule has 4 nitrogen and oxygen atoms in total. The largest absolute Gasteiger partial charge is 0.311 e. The highest BCUT2D eigenvalue weighted by Crippen LogP contribution is 2.54. The van der Waals surface area contributed by atoms with Crippen molar-refractivity contribution in [2.75, 3.05) is 9.80 Å². The van der Waals surface area contributed by atoms with Crippen LogP contribution in [0.3, 0.4) is 0 Å². The molecule has 2 aliphatic heterocycles. The van der Waals surface area contributed by atoms with Crippen LogP contribution in [0.25, 0.3) is 88.4 Å². The first-order valence-electron chi connectivity index (χ1n) is 37.7. The predicted octanol–water partition coefficient (Wildman–Crippen LogP) is 24.8. The van der Waals surface area contributed by atoms with Crippen molar-refractivity contribution in [3.8, 4) is 44.8 Å². The third kappa shape index (κ3) is 10.1. The smallest absolute Gasteiger partial charge is 0.252 e. The van der Waals surface area contributed by atoms with E-state index < -0.39 is 0 Å². The van der Waals surface area contributed by atoms with E-state index in [4.69, 9.17) is 0 Å². The van der Waals surface area contributed by atoms with E-state index in [1.54, 1.807) is 0 Å². The molecule has 14 aromatic rings. The molecular weight excluding hydrogens is 1240 g/mol. The molecule has 2 aliphatic carbocycles. The molecule has 0 radical (unpaired) electrons. The monoisotopic (exact) mass is 1340 g/mol. The van der Waals surface area contributed by atoms with Crippen molar-refractivity contribution in [1.82, 2.24) is 9.13 Å². The van der Waals surface area contributed by atoms with Crippen molar-refractivity contribution >= 4 is 101 Å². The Hall–Kier alpha value is -10.1. The van der Waals surface area contributed by atoms with E-state index in [0.29, 0.717) is 0 Å². The van der Waals surface area contributed by atoms with Gasteiger partial charge in [0.1, 0.15) is 0 Å². The fourth-order valence-electron chi connectivity index (χ4n) is 19.7. The van der Waals surface area contributed by atoms with E-state index in [2.05, 4.69) is 379 Å². The minimum atomic E-state index is -0.177. The second-order valence-electron chi connectivity index (χ2n) is 36.5. The fourth-order valence-corrected chi connectivity index (χ4v) is 19.7. The molecule has 5 heteroatoms. The zero-order valence-electron chi connectivity index (χ0n) is 63.4. The van der Waals surface area contributed by atoms with Crippen molar-refractivity contribution in [1.29, 1.82) is 0 Å². The quantitative estimate of drug-likeness (QED) is 0.148. The highest BCUT2D eigenvalue weighted by Gasteiger charge is 2.47. The SMILES string of the molecule is CC(C)(C)c1ccc2c(c1)c1cc(C(C)(C)C)ccc1n2-c1cc2c3c(c1)N(c1ccc(-c4ccc5c(c4)C(C)(C)CC5(C)C)cc1)c1cc(-n4c5ccccc5c5ccccc54)ccc1B3c1cc(-c3ccccc3C(C)(C)C)ccc1N2c1ccc(-c2ccc3c(c2)C(C)(C)CC3(C)C)cc1. The summed E-state index contributed by atoms with van der Waals surface area (Å²) in [6, 6.07) is 95.3. The van der Waals surface area contributed by atoms with E-state index >= 15 is 0 Å². The predicted molar refractivity (Wildman–Crippen MR) is 443 cm³/mol. The highest BCUT2D eigenvalue weighted by atomic mass is 15.2. The number of fused-ring (bicyclic) bond motifs is 12. The molecule has 0 unspecified atom stereocenters. The Balaban J connectivity index is 0.942. The Morgan fingerprint density at radius 2 is 0.709 bits per heavy atom. The summed E-state index contributed by atoms with van der Waals surface area (Å²) in [6.45, 7) is 40.3. The van der Waals surface area contributed by atoms with Crippen LogP contribution < -0.4 is 26.2 Å². The molecule has 0 N–H and O–H groups in total. The standard InChI is InChI=1S/C98H95BN4/c1-92(2,3)65-37-48-85-74(53-65)75-54-66(93(4,5)6)38-49-86(75)103(85)70-56-89-91-90(57-70)101(68-41-32-61(33-42-68)63-35-45-78-80(51-63)98(16,17)59-96(78,12)13)88-55-69(102-83-28-22-19-25-72(83)73-26-20-23-29-84(73)102)43-46-81(88)99(91)82-52-64(71-24-18-21-27-76(71)94(7,8)9)36-47-87(82)100(89)67-39-30-60(31-40-67)62-34-44-77-79(50-62)97(14,15)58-95(77,10)11/h18-57H,58-59H2,1-17H3. The summed E-state index contributed by atoms with van der Waals surface area (Å²) in [7, 11) is 0. The second-order valence-corrected chi connectivity index (χ2v) is 36.5. The van der Waals surface area contributed by atoms with E-state index in [1.807, 2.05) is 0 Å². The maximum atomic E-state index is 2.65. The normalized spacial score (nSPS) is 16.2. The lowest BCUT2D eigenvalue weighted by atomic mass is 9.33. The zero-order chi connectivity index (χ0) is 71.6. The maximum absolute atomic E-state index is 2.65. The number of hydrogen-bond donors (Lipinski definition) is 0. The topological polar surface area (TPSA) is 16.3 Å². The summed E-state index contributed by atoms with van der Waals surface area (Å²) in [4.78, 5) is 5.28. The van der Waals surface area contributed by atoms with Gasteiger partial charge in [-0.1, -0.05) is 269 Å². The van der Waals surface area contributed by atoms with Gasteiger partial charge >= 0.3 is 0 Å². The molecule has 4 aliphatic rings. The summed E-state index contributed by atoms with van der Waals surface area (Å²) in [5, 5.41) is 5.03. The number of hydrogen-bond acceptors (Lipinski definition) is 2. The summed E-state index contributed by atoms with van der Waals surface area (Å²) in [5.41, 5.74) is 35.1. The molecule has 0 saturated carbocycles. The average molecular weight is 1340 g/mol. The molecule has 4 heterocycles. The Morgan fingerprint density at radius 3 is 1.21 bits per heavy atom. The minimum Gasteiger partial charge on any atom is -0.311 e. The maximum Gasteiger partial charge on any atom is 0.252 e. The van der Waals surface area contributed by atoms with Gasteiger partial charge in [-0.3, -0.25) is 0 Å². The van der Waals surface area contributed by atoms with E-state index in [1.165, 1.54) is 138 Å². The summed E-state index contributed by atoms with van der Waals surface area (Å²) < 4.78 is 5.10. The van der Waals surface area contributed by atoms with Gasteiger partial charge in [-0.25, -0.2) is 0 Å². The third-order valence-electron chi connectivity index (χ3n) is 24.3. The molecule has 0 fully saturated rings. The van der Waals surface area contributed by atoms with Crippen LogP contribution in [0.15, 0.2) is 243 Å². The van der Waals surface area contributed by atoms with Gasteiger partial charge in [0.15, 0.2) is 0 Å². The first kappa shape index (κ1) is 65.0. The molecule has 2 aromatic heterocycles. The van der Waals surface area contributed by atoms with Crippen molar-refractivity contribution in [3.05, 3.63) is 282 Å². The van der Waals surface area contributed by atoms with Crippen LogP contribution in [-0.2, 0) is 37.9 Å². The molecule has 103 heavy (non-hydrogen) atoms. The number of aromatic nitrogens is 2. The summed E-state index contributed by atoms with van der Waals surface area (Å²) >= 11 is 0. The molecular formula is C98H95BN4. The van der Waals surface area contributed by atoms with Crippen molar-refractivity contribution in [2.45, 2.75) is 168 Å². The highest BCUT2D eigenvalue weighted by molar-refractivity contribution is 7.00. The van der Waals surface area contributed by atoms with Crippen molar-refractivity contribution < 1.29 is 0 Å². The average Bonchev–Trinajstić information content (AvgIpc) is 1.48. The van der Waals surface area contributed by atoms with Gasteiger partial charge in [0.05, 0.1) is 27.8 Å². The zero-order valence-corrected chi connectivity index (χ0v) is 63.4. The molecule has 0 saturated heterocycles. The number of benzene rings is 12. The fraction of sp³-hybridized carbons (Fsp3) is 0.265. The van der Waals surface area contributed by atoms with Gasteiger partial charge in [0.2, 0.25) is 0 Å². The minimum absolute atomic E-state index is 0.0585. The van der Waals surface area contributed by atoms with Crippen LogP contribution in [0.4, 0.5) is 34.1 Å². The van der Waals surface area contributed by atoms with Crippen LogP contribution in [0.2, 0.25) is 0 Å². The lowest BCUT2D eigenvalue weighted by Crippen LogP contribution is -2.61. The molecule has 0 amide bonds. The van der Waals surface area contributed by atoms with Crippen molar-refractivity contribution in [3.63, 3.8) is 0 Å². The van der Waals surface area contributed by atoms with Gasteiger partial charge in [-0.15, -0.1) is 0 Å². The van der Waals surface area contributed by atoms with Gasteiger partial charge in [0.25, 0.3) is 6.71 Å². The van der Waals surface area contributed by atoms with Crippen LogP contribution in [0.1, 0.15) is 169 Å². The van der Waals surface area contributed by atoms with Gasteiger partial charge in [-0.05, 0) is 230 Å². The number of anilines is 6. The van der Waals surface area contributed by atoms with Gasteiger partial charge in [-0.2, -0.15) is 0 Å². The Morgan fingerprint density at radius 1 is 0.291 bits per heavy atom. The number of rotatable bonds is 7. The van der Waals surface area contributed by atoms with Crippen LogP contribution >= 0.6 is 0 Å². The van der Waals surface area contributed by atoms with Crippen LogP contribution in [0, 0.1) is 0 Å². The Bertz CT molecular complexity index is 5760. The number of para-hydroxylation sites is 2. The second kappa shape index (κ2) is 22.2.